The van der Waals surface area contributed by atoms with Crippen molar-refractivity contribution in [2.24, 2.45) is 0 Å². The SMILES string of the molecule is CCC[C]1([Zr])C=Cc2ccccc21.F. The average molecular weight is 268 g/mol. The predicted molar refractivity (Wildman–Crippen MR) is 54.6 cm³/mol. The fraction of sp³-hybridized carbons (Fsp3) is 0.333. The standard InChI is InChI=1S/C12H13.FH.Zr/c1-2-5-10-8-9-11-6-3-4-7-12(10)11;;/h3-4,6-9H,2,5H2,1H3;1H;. The quantitative estimate of drug-likeness (QED) is 0.771. The Morgan fingerprint density at radius 1 is 1.29 bits per heavy atom. The van der Waals surface area contributed by atoms with Crippen LogP contribution in [0, 0.1) is 0 Å². The van der Waals surface area contributed by atoms with Gasteiger partial charge in [0.2, 0.25) is 0 Å². The molecule has 73 valence electrons. The van der Waals surface area contributed by atoms with Gasteiger partial charge in [0, 0.05) is 0 Å². The van der Waals surface area contributed by atoms with Crippen LogP contribution in [-0.4, -0.2) is 0 Å². The second kappa shape index (κ2) is 4.53. The molecule has 1 atom stereocenters. The third kappa shape index (κ3) is 1.91. The molecule has 0 spiro atoms. The molecule has 0 amide bonds. The monoisotopic (exact) mass is 267 g/mol. The van der Waals surface area contributed by atoms with Gasteiger partial charge in [0.05, 0.1) is 0 Å². The van der Waals surface area contributed by atoms with Crippen LogP contribution in [0.15, 0.2) is 30.3 Å². The van der Waals surface area contributed by atoms with Gasteiger partial charge in [0.15, 0.2) is 0 Å². The molecule has 0 bridgehead atoms. The van der Waals surface area contributed by atoms with E-state index in [4.69, 9.17) is 0 Å². The molecule has 0 radical (unpaired) electrons. The summed E-state index contributed by atoms with van der Waals surface area (Å²) in [6.07, 6.45) is 7.22. The average Bonchev–Trinajstić information content (AvgIpc) is 2.46. The Bertz CT molecular complexity index is 346. The number of allylic oxidation sites excluding steroid dienone is 1. The van der Waals surface area contributed by atoms with Crippen molar-refractivity contribution in [1.29, 1.82) is 0 Å². The molecule has 0 nitrogen and oxygen atoms in total. The molecule has 1 aromatic rings. The molecular weight excluding hydrogens is 254 g/mol. The number of halogens is 1. The first kappa shape index (κ1) is 11.8. The van der Waals surface area contributed by atoms with Gasteiger partial charge in [-0.3, -0.25) is 4.70 Å². The van der Waals surface area contributed by atoms with Gasteiger partial charge in [-0.05, 0) is 0 Å². The molecule has 2 heteroatoms. The van der Waals surface area contributed by atoms with E-state index in [1.165, 1.54) is 24.0 Å². The molecular formula is C12H14FZr. The van der Waals surface area contributed by atoms with Crippen LogP contribution in [0.3, 0.4) is 0 Å². The van der Waals surface area contributed by atoms with E-state index < -0.39 is 0 Å². The molecule has 1 aliphatic rings. The minimum Gasteiger partial charge on any atom is -0.269 e. The van der Waals surface area contributed by atoms with Gasteiger partial charge in [-0.25, -0.2) is 0 Å². The van der Waals surface area contributed by atoms with E-state index in [9.17, 15) is 0 Å². The zero-order valence-corrected chi connectivity index (χ0v) is 10.7. The van der Waals surface area contributed by atoms with Crippen molar-refractivity contribution in [3.05, 3.63) is 41.5 Å². The molecule has 1 aliphatic carbocycles. The predicted octanol–water partition coefficient (Wildman–Crippen LogP) is 3.41. The molecule has 0 aliphatic heterocycles. The van der Waals surface area contributed by atoms with E-state index >= 15 is 0 Å². The molecule has 0 N–H and O–H groups in total. The Morgan fingerprint density at radius 2 is 2.00 bits per heavy atom. The van der Waals surface area contributed by atoms with Crippen molar-refractivity contribution in [1.82, 2.24) is 0 Å². The zero-order chi connectivity index (χ0) is 9.31. The van der Waals surface area contributed by atoms with Gasteiger partial charge < -0.3 is 0 Å². The molecule has 1 aromatic carbocycles. The molecule has 0 saturated heterocycles. The first-order valence-electron chi connectivity index (χ1n) is 4.80. The van der Waals surface area contributed by atoms with Gasteiger partial charge in [-0.15, -0.1) is 0 Å². The maximum Gasteiger partial charge on any atom is -0.269 e. The van der Waals surface area contributed by atoms with Crippen molar-refractivity contribution in [2.75, 3.05) is 0 Å². The minimum atomic E-state index is 0. The van der Waals surface area contributed by atoms with E-state index in [-0.39, 0.29) is 4.70 Å². The summed E-state index contributed by atoms with van der Waals surface area (Å²) in [6, 6.07) is 8.77. The molecule has 0 fully saturated rings. The van der Waals surface area contributed by atoms with E-state index in [2.05, 4.69) is 43.3 Å². The van der Waals surface area contributed by atoms with Crippen molar-refractivity contribution in [3.8, 4) is 0 Å². The van der Waals surface area contributed by atoms with Gasteiger partial charge in [0.1, 0.15) is 0 Å². The molecule has 2 rings (SSSR count). The topological polar surface area (TPSA) is 0 Å². The third-order valence-corrected chi connectivity index (χ3v) is 4.32. The Hall–Kier alpha value is -0.227. The summed E-state index contributed by atoms with van der Waals surface area (Å²) < 4.78 is 0.387. The summed E-state index contributed by atoms with van der Waals surface area (Å²) in [5.41, 5.74) is 2.96. The summed E-state index contributed by atoms with van der Waals surface area (Å²) in [6.45, 7) is 2.26. The van der Waals surface area contributed by atoms with Crippen LogP contribution in [-0.2, 0) is 27.8 Å². The number of fused-ring (bicyclic) bond motifs is 1. The molecule has 14 heavy (non-hydrogen) atoms. The largest absolute Gasteiger partial charge is 0.269 e. The van der Waals surface area contributed by atoms with Crippen LogP contribution in [0.4, 0.5) is 4.70 Å². The van der Waals surface area contributed by atoms with E-state index in [0.717, 1.165) is 0 Å². The second-order valence-electron chi connectivity index (χ2n) is 3.64. The van der Waals surface area contributed by atoms with Crippen LogP contribution in [0.25, 0.3) is 6.08 Å². The van der Waals surface area contributed by atoms with Crippen molar-refractivity contribution < 1.29 is 29.4 Å². The normalized spacial score (nSPS) is 22.9. The first-order valence-corrected chi connectivity index (χ1v) is 6.03. The Labute approximate surface area is 99.6 Å². The molecule has 0 saturated carbocycles. The van der Waals surface area contributed by atoms with Crippen LogP contribution in [0.5, 0.6) is 0 Å². The van der Waals surface area contributed by atoms with Gasteiger partial charge in [-0.1, -0.05) is 0 Å². The van der Waals surface area contributed by atoms with Crippen LogP contribution < -0.4 is 0 Å². The Morgan fingerprint density at radius 3 is 2.71 bits per heavy atom. The number of hydrogen-bond donors (Lipinski definition) is 0. The maximum absolute atomic E-state index is 2.39. The van der Waals surface area contributed by atoms with Gasteiger partial charge in [0.25, 0.3) is 0 Å². The number of hydrogen-bond acceptors (Lipinski definition) is 0. The Balaban J connectivity index is 0.000000980. The molecule has 1 unspecified atom stereocenters. The van der Waals surface area contributed by atoms with Crippen molar-refractivity contribution in [3.63, 3.8) is 0 Å². The second-order valence-corrected chi connectivity index (χ2v) is 5.84. The first-order chi connectivity index (χ1) is 6.26. The van der Waals surface area contributed by atoms with Crippen LogP contribution in [0.1, 0.15) is 30.9 Å². The number of rotatable bonds is 2. The fourth-order valence-electron chi connectivity index (χ4n) is 1.98. The summed E-state index contributed by atoms with van der Waals surface area (Å²) in [5, 5.41) is 0. The van der Waals surface area contributed by atoms with Gasteiger partial charge in [-0.2, -0.15) is 0 Å². The third-order valence-electron chi connectivity index (χ3n) is 2.63. The molecule has 0 aromatic heterocycles. The smallest absolute Gasteiger partial charge is 0.269 e. The van der Waals surface area contributed by atoms with Crippen molar-refractivity contribution >= 4 is 6.08 Å². The fourth-order valence-corrected chi connectivity index (χ4v) is 3.36. The van der Waals surface area contributed by atoms with Gasteiger partial charge >= 0.3 is 95.2 Å². The zero-order valence-electron chi connectivity index (χ0n) is 8.29. The summed E-state index contributed by atoms with van der Waals surface area (Å²) in [7, 11) is 0. The summed E-state index contributed by atoms with van der Waals surface area (Å²) in [5.74, 6) is 0. The molecule has 0 heterocycles. The van der Waals surface area contributed by atoms with E-state index in [0.29, 0.717) is 3.12 Å². The van der Waals surface area contributed by atoms with E-state index in [1.54, 1.807) is 24.7 Å². The van der Waals surface area contributed by atoms with Crippen LogP contribution in [0.2, 0.25) is 0 Å². The number of benzene rings is 1. The van der Waals surface area contributed by atoms with Crippen molar-refractivity contribution in [2.45, 2.75) is 22.9 Å². The summed E-state index contributed by atoms with van der Waals surface area (Å²) in [4.78, 5) is 0. The van der Waals surface area contributed by atoms with Crippen LogP contribution >= 0.6 is 0 Å². The Kier molecular flexibility index (Phi) is 3.83. The minimum absolute atomic E-state index is 0. The maximum atomic E-state index is 2.39. The van der Waals surface area contributed by atoms with E-state index in [1.807, 2.05) is 0 Å². The summed E-state index contributed by atoms with van der Waals surface area (Å²) >= 11 is 1.62.